The molecule has 2 rings (SSSR count). The molecule has 0 aromatic heterocycles. The minimum atomic E-state index is 0.648. The Balaban J connectivity index is 2.32. The fraction of sp³-hybridized carbons (Fsp3) is 0.667. The highest BCUT2D eigenvalue weighted by Gasteiger charge is 2.25. The first kappa shape index (κ1) is 9.01. The zero-order valence-corrected chi connectivity index (χ0v) is 8.76. The van der Waals surface area contributed by atoms with Crippen LogP contribution < -0.4 is 0 Å². The fourth-order valence-electron chi connectivity index (χ4n) is 2.33. The Kier molecular flexibility index (Phi) is 2.29. The van der Waals surface area contributed by atoms with Crippen molar-refractivity contribution in [2.45, 2.75) is 27.2 Å². The summed E-state index contributed by atoms with van der Waals surface area (Å²) in [6.07, 6.45) is 3.64. The Morgan fingerprint density at radius 2 is 2.15 bits per heavy atom. The molecule has 1 aliphatic carbocycles. The van der Waals surface area contributed by atoms with Crippen molar-refractivity contribution in [1.82, 2.24) is 0 Å². The van der Waals surface area contributed by atoms with Crippen LogP contribution >= 0.6 is 0 Å². The SMILES string of the molecule is CC1C=C(C(C)C)C2=C(COC2)C1. The van der Waals surface area contributed by atoms with Crippen molar-refractivity contribution in [3.8, 4) is 0 Å². The molecular weight excluding hydrogens is 160 g/mol. The Morgan fingerprint density at radius 1 is 1.38 bits per heavy atom. The van der Waals surface area contributed by atoms with Gasteiger partial charge in [-0.25, -0.2) is 0 Å². The number of allylic oxidation sites excluding steroid dienone is 1. The Bertz CT molecular complexity index is 271. The van der Waals surface area contributed by atoms with Gasteiger partial charge in [0.15, 0.2) is 0 Å². The number of rotatable bonds is 1. The molecule has 1 heterocycles. The van der Waals surface area contributed by atoms with Crippen molar-refractivity contribution in [3.63, 3.8) is 0 Å². The largest absolute Gasteiger partial charge is 0.372 e. The number of hydrogen-bond donors (Lipinski definition) is 0. The zero-order chi connectivity index (χ0) is 9.42. The van der Waals surface area contributed by atoms with Gasteiger partial charge in [0.2, 0.25) is 0 Å². The third kappa shape index (κ3) is 1.58. The molecule has 0 spiro atoms. The normalized spacial score (nSPS) is 28.0. The van der Waals surface area contributed by atoms with Gasteiger partial charge in [-0.2, -0.15) is 0 Å². The molecule has 0 amide bonds. The molecule has 0 aromatic rings. The van der Waals surface area contributed by atoms with Crippen molar-refractivity contribution >= 4 is 0 Å². The molecule has 0 saturated heterocycles. The van der Waals surface area contributed by atoms with Gasteiger partial charge < -0.3 is 4.74 Å². The molecule has 0 bridgehead atoms. The molecule has 1 heteroatoms. The van der Waals surface area contributed by atoms with E-state index in [0.29, 0.717) is 11.8 Å². The smallest absolute Gasteiger partial charge is 0.0724 e. The molecule has 0 N–H and O–H groups in total. The van der Waals surface area contributed by atoms with Crippen LogP contribution in [0.1, 0.15) is 27.2 Å². The van der Waals surface area contributed by atoms with E-state index < -0.39 is 0 Å². The van der Waals surface area contributed by atoms with E-state index in [1.165, 1.54) is 17.6 Å². The maximum atomic E-state index is 5.51. The first-order chi connectivity index (χ1) is 6.18. The standard InChI is InChI=1S/C12H18O/c1-8(2)11-5-9(3)4-10-6-13-7-12(10)11/h5,8-9H,4,6-7H2,1-3H3. The highest BCUT2D eigenvalue weighted by atomic mass is 16.5. The second-order valence-corrected chi connectivity index (χ2v) is 4.53. The van der Waals surface area contributed by atoms with E-state index in [4.69, 9.17) is 4.74 Å². The van der Waals surface area contributed by atoms with E-state index >= 15 is 0 Å². The van der Waals surface area contributed by atoms with Gasteiger partial charge in [0.05, 0.1) is 13.2 Å². The monoisotopic (exact) mass is 178 g/mol. The van der Waals surface area contributed by atoms with Gasteiger partial charge in [-0.1, -0.05) is 26.8 Å². The lowest BCUT2D eigenvalue weighted by Crippen LogP contribution is -2.10. The minimum Gasteiger partial charge on any atom is -0.372 e. The summed E-state index contributed by atoms with van der Waals surface area (Å²) in [5.74, 6) is 1.35. The third-order valence-corrected chi connectivity index (χ3v) is 2.95. The topological polar surface area (TPSA) is 9.23 Å². The van der Waals surface area contributed by atoms with Gasteiger partial charge in [-0.15, -0.1) is 0 Å². The van der Waals surface area contributed by atoms with E-state index in [9.17, 15) is 0 Å². The van der Waals surface area contributed by atoms with Gasteiger partial charge in [-0.05, 0) is 35.0 Å². The molecule has 1 nitrogen and oxygen atoms in total. The molecule has 0 saturated carbocycles. The summed E-state index contributed by atoms with van der Waals surface area (Å²) in [7, 11) is 0. The number of hydrogen-bond acceptors (Lipinski definition) is 1. The summed E-state index contributed by atoms with van der Waals surface area (Å²) < 4.78 is 5.51. The lowest BCUT2D eigenvalue weighted by atomic mass is 9.82. The van der Waals surface area contributed by atoms with E-state index in [1.54, 1.807) is 5.57 Å². The third-order valence-electron chi connectivity index (χ3n) is 2.95. The van der Waals surface area contributed by atoms with Crippen LogP contribution in [0.4, 0.5) is 0 Å². The quantitative estimate of drug-likeness (QED) is 0.600. The summed E-state index contributed by atoms with van der Waals surface area (Å²) in [6, 6.07) is 0. The first-order valence-electron chi connectivity index (χ1n) is 5.19. The maximum Gasteiger partial charge on any atom is 0.0724 e. The predicted octanol–water partition coefficient (Wildman–Crippen LogP) is 2.94. The van der Waals surface area contributed by atoms with Crippen molar-refractivity contribution in [1.29, 1.82) is 0 Å². The summed E-state index contributed by atoms with van der Waals surface area (Å²) in [5, 5.41) is 0. The molecule has 1 atom stereocenters. The average molecular weight is 178 g/mol. The Morgan fingerprint density at radius 3 is 2.85 bits per heavy atom. The Hall–Kier alpha value is -0.560. The summed E-state index contributed by atoms with van der Waals surface area (Å²) >= 11 is 0. The maximum absolute atomic E-state index is 5.51. The van der Waals surface area contributed by atoms with Crippen molar-refractivity contribution < 1.29 is 4.74 Å². The Labute approximate surface area is 80.5 Å². The average Bonchev–Trinajstić information content (AvgIpc) is 2.49. The molecule has 0 aromatic carbocycles. The van der Waals surface area contributed by atoms with Gasteiger partial charge in [0, 0.05) is 0 Å². The van der Waals surface area contributed by atoms with Crippen LogP contribution in [0.25, 0.3) is 0 Å². The molecule has 1 aliphatic heterocycles. The molecular formula is C12H18O. The minimum absolute atomic E-state index is 0.648. The molecule has 0 radical (unpaired) electrons. The summed E-state index contributed by atoms with van der Waals surface area (Å²) in [6.45, 7) is 8.57. The molecule has 2 aliphatic rings. The first-order valence-corrected chi connectivity index (χ1v) is 5.19. The molecule has 1 unspecified atom stereocenters. The van der Waals surface area contributed by atoms with Gasteiger partial charge in [-0.3, -0.25) is 0 Å². The van der Waals surface area contributed by atoms with E-state index in [2.05, 4.69) is 26.8 Å². The highest BCUT2D eigenvalue weighted by molar-refractivity contribution is 5.42. The summed E-state index contributed by atoms with van der Waals surface area (Å²) in [5.41, 5.74) is 4.60. The van der Waals surface area contributed by atoms with E-state index in [-0.39, 0.29) is 0 Å². The van der Waals surface area contributed by atoms with Crippen molar-refractivity contribution in [2.24, 2.45) is 11.8 Å². The highest BCUT2D eigenvalue weighted by Crippen LogP contribution is 2.35. The van der Waals surface area contributed by atoms with E-state index in [1.807, 2.05) is 0 Å². The predicted molar refractivity (Wildman–Crippen MR) is 54.5 cm³/mol. The molecule has 72 valence electrons. The zero-order valence-electron chi connectivity index (χ0n) is 8.76. The second-order valence-electron chi connectivity index (χ2n) is 4.53. The van der Waals surface area contributed by atoms with Crippen LogP contribution in [0.3, 0.4) is 0 Å². The second kappa shape index (κ2) is 3.30. The van der Waals surface area contributed by atoms with Crippen molar-refractivity contribution in [2.75, 3.05) is 13.2 Å². The van der Waals surface area contributed by atoms with Gasteiger partial charge >= 0.3 is 0 Å². The van der Waals surface area contributed by atoms with Crippen LogP contribution in [0.2, 0.25) is 0 Å². The van der Waals surface area contributed by atoms with E-state index in [0.717, 1.165) is 13.2 Å². The molecule has 13 heavy (non-hydrogen) atoms. The van der Waals surface area contributed by atoms with Gasteiger partial charge in [0.1, 0.15) is 0 Å². The van der Waals surface area contributed by atoms with Crippen LogP contribution in [-0.2, 0) is 4.74 Å². The summed E-state index contributed by atoms with van der Waals surface area (Å²) in [4.78, 5) is 0. The van der Waals surface area contributed by atoms with Crippen molar-refractivity contribution in [3.05, 3.63) is 22.8 Å². The van der Waals surface area contributed by atoms with Crippen LogP contribution in [0.5, 0.6) is 0 Å². The number of ether oxygens (including phenoxy) is 1. The molecule has 0 fully saturated rings. The van der Waals surface area contributed by atoms with Gasteiger partial charge in [0.25, 0.3) is 0 Å². The lowest BCUT2D eigenvalue weighted by molar-refractivity contribution is 0.203. The van der Waals surface area contributed by atoms with Crippen LogP contribution in [0, 0.1) is 11.8 Å². The fourth-order valence-corrected chi connectivity index (χ4v) is 2.33. The van der Waals surface area contributed by atoms with Crippen LogP contribution in [0.15, 0.2) is 22.8 Å². The lowest BCUT2D eigenvalue weighted by Gasteiger charge is -2.22. The van der Waals surface area contributed by atoms with Crippen LogP contribution in [-0.4, -0.2) is 13.2 Å².